The Bertz CT molecular complexity index is 515. The number of allylic oxidation sites excluding steroid dienone is 3. The number of aryl methyl sites for hydroxylation is 1. The van der Waals surface area contributed by atoms with Crippen molar-refractivity contribution in [2.45, 2.75) is 40.0 Å². The lowest BCUT2D eigenvalue weighted by atomic mass is 9.77. The predicted molar refractivity (Wildman–Crippen MR) is 81.0 cm³/mol. The smallest absolute Gasteiger partial charge is 0.156 e. The number of hydrogen-bond donors (Lipinski definition) is 0. The highest BCUT2D eigenvalue weighted by atomic mass is 16.1. The molecule has 0 spiro atoms. The van der Waals surface area contributed by atoms with Crippen molar-refractivity contribution in [3.05, 3.63) is 53.1 Å². The van der Waals surface area contributed by atoms with Crippen LogP contribution in [0.25, 0.3) is 6.08 Å². The summed E-state index contributed by atoms with van der Waals surface area (Å²) in [7, 11) is 0. The van der Waals surface area contributed by atoms with Crippen LogP contribution in [0, 0.1) is 5.41 Å². The first kappa shape index (κ1) is 13.8. The molecule has 0 saturated carbocycles. The van der Waals surface area contributed by atoms with Gasteiger partial charge in [-0.25, -0.2) is 0 Å². The lowest BCUT2D eigenvalue weighted by Crippen LogP contribution is -2.21. The second kappa shape index (κ2) is 5.56. The van der Waals surface area contributed by atoms with Crippen LogP contribution in [-0.4, -0.2) is 5.78 Å². The minimum Gasteiger partial charge on any atom is -0.295 e. The van der Waals surface area contributed by atoms with Crippen LogP contribution in [0.2, 0.25) is 0 Å². The number of benzene rings is 1. The number of ketones is 1. The van der Waals surface area contributed by atoms with Crippen molar-refractivity contribution in [1.29, 1.82) is 0 Å². The maximum absolute atomic E-state index is 11.7. The van der Waals surface area contributed by atoms with Gasteiger partial charge in [-0.1, -0.05) is 57.2 Å². The highest BCUT2D eigenvalue weighted by molar-refractivity contribution is 5.92. The molecule has 1 aliphatic rings. The molecule has 100 valence electrons. The Kier molecular flexibility index (Phi) is 4.04. The van der Waals surface area contributed by atoms with E-state index in [1.54, 1.807) is 6.08 Å². The summed E-state index contributed by atoms with van der Waals surface area (Å²) in [6, 6.07) is 8.57. The summed E-state index contributed by atoms with van der Waals surface area (Å²) >= 11 is 0. The van der Waals surface area contributed by atoms with Crippen LogP contribution in [0.15, 0.2) is 42.0 Å². The van der Waals surface area contributed by atoms with Crippen LogP contribution in [0.3, 0.4) is 0 Å². The second-order valence-electron chi connectivity index (χ2n) is 6.13. The zero-order valence-electron chi connectivity index (χ0n) is 12.1. The van der Waals surface area contributed by atoms with Gasteiger partial charge in [0.25, 0.3) is 0 Å². The topological polar surface area (TPSA) is 17.1 Å². The molecule has 0 aliphatic heterocycles. The van der Waals surface area contributed by atoms with Gasteiger partial charge in [0, 0.05) is 6.42 Å². The quantitative estimate of drug-likeness (QED) is 0.771. The molecule has 0 saturated heterocycles. The van der Waals surface area contributed by atoms with E-state index in [0.29, 0.717) is 6.42 Å². The van der Waals surface area contributed by atoms with E-state index in [1.165, 1.54) is 11.1 Å². The van der Waals surface area contributed by atoms with Crippen molar-refractivity contribution < 1.29 is 4.79 Å². The molecule has 0 atom stereocenters. The minimum atomic E-state index is 0.0948. The highest BCUT2D eigenvalue weighted by Gasteiger charge is 2.26. The van der Waals surface area contributed by atoms with Gasteiger partial charge in [0.05, 0.1) is 0 Å². The molecular formula is C18H22O. The van der Waals surface area contributed by atoms with E-state index in [4.69, 9.17) is 0 Å². The molecule has 0 fully saturated rings. The third kappa shape index (κ3) is 3.92. The fourth-order valence-corrected chi connectivity index (χ4v) is 2.57. The largest absolute Gasteiger partial charge is 0.295 e. The SMILES string of the molecule is CCc1ccc(/C=C/C2=CC(=O)CC(C)(C)C2)cc1. The molecule has 0 N–H and O–H groups in total. The zero-order chi connectivity index (χ0) is 13.9. The maximum Gasteiger partial charge on any atom is 0.156 e. The standard InChI is InChI=1S/C18H22O/c1-4-14-5-7-15(8-6-14)9-10-16-11-17(19)13-18(2,3)12-16/h5-11H,4,12-13H2,1-3H3/b10-9+. The van der Waals surface area contributed by atoms with Gasteiger partial charge in [-0.2, -0.15) is 0 Å². The third-order valence-electron chi connectivity index (χ3n) is 3.56. The Labute approximate surface area is 116 Å². The molecular weight excluding hydrogens is 232 g/mol. The van der Waals surface area contributed by atoms with Crippen LogP contribution in [0.4, 0.5) is 0 Å². The first-order chi connectivity index (χ1) is 8.98. The van der Waals surface area contributed by atoms with E-state index in [0.717, 1.165) is 18.4 Å². The maximum atomic E-state index is 11.7. The molecule has 0 amide bonds. The van der Waals surface area contributed by atoms with Gasteiger partial charge >= 0.3 is 0 Å². The van der Waals surface area contributed by atoms with Crippen molar-refractivity contribution in [3.8, 4) is 0 Å². The van der Waals surface area contributed by atoms with E-state index < -0.39 is 0 Å². The van der Waals surface area contributed by atoms with Crippen molar-refractivity contribution in [2.24, 2.45) is 5.41 Å². The number of hydrogen-bond acceptors (Lipinski definition) is 1. The molecule has 1 nitrogen and oxygen atoms in total. The predicted octanol–water partition coefficient (Wildman–Crippen LogP) is 4.58. The fourth-order valence-electron chi connectivity index (χ4n) is 2.57. The second-order valence-corrected chi connectivity index (χ2v) is 6.13. The van der Waals surface area contributed by atoms with Gasteiger partial charge in [0.2, 0.25) is 0 Å². The van der Waals surface area contributed by atoms with Crippen molar-refractivity contribution in [3.63, 3.8) is 0 Å². The van der Waals surface area contributed by atoms with Crippen LogP contribution >= 0.6 is 0 Å². The molecule has 0 unspecified atom stereocenters. The van der Waals surface area contributed by atoms with E-state index in [2.05, 4.69) is 57.2 Å². The van der Waals surface area contributed by atoms with Crippen LogP contribution in [-0.2, 0) is 11.2 Å². The molecule has 2 rings (SSSR count). The van der Waals surface area contributed by atoms with Crippen LogP contribution < -0.4 is 0 Å². The molecule has 0 aromatic heterocycles. The van der Waals surface area contributed by atoms with Gasteiger partial charge in [-0.05, 0) is 41.0 Å². The van der Waals surface area contributed by atoms with E-state index in [9.17, 15) is 4.79 Å². The summed E-state index contributed by atoms with van der Waals surface area (Å²) in [6.07, 6.45) is 8.68. The lowest BCUT2D eigenvalue weighted by molar-refractivity contribution is -0.116. The van der Waals surface area contributed by atoms with Crippen LogP contribution in [0.1, 0.15) is 44.7 Å². The molecule has 1 aromatic rings. The third-order valence-corrected chi connectivity index (χ3v) is 3.56. The number of rotatable bonds is 3. The van der Waals surface area contributed by atoms with Gasteiger partial charge in [-0.3, -0.25) is 4.79 Å². The monoisotopic (exact) mass is 254 g/mol. The van der Waals surface area contributed by atoms with Crippen molar-refractivity contribution >= 4 is 11.9 Å². The number of carbonyl (C=O) groups is 1. The molecule has 0 heterocycles. The summed E-state index contributed by atoms with van der Waals surface area (Å²) in [4.78, 5) is 11.7. The van der Waals surface area contributed by atoms with Gasteiger partial charge in [-0.15, -0.1) is 0 Å². The lowest BCUT2D eigenvalue weighted by Gasteiger charge is -2.27. The van der Waals surface area contributed by atoms with Crippen molar-refractivity contribution in [1.82, 2.24) is 0 Å². The Morgan fingerprint density at radius 3 is 2.37 bits per heavy atom. The Balaban J connectivity index is 2.11. The number of carbonyl (C=O) groups excluding carboxylic acids is 1. The molecule has 1 aromatic carbocycles. The average Bonchev–Trinajstić information content (AvgIpc) is 2.34. The molecule has 1 heteroatoms. The zero-order valence-corrected chi connectivity index (χ0v) is 12.1. The van der Waals surface area contributed by atoms with Crippen molar-refractivity contribution in [2.75, 3.05) is 0 Å². The average molecular weight is 254 g/mol. The minimum absolute atomic E-state index is 0.0948. The molecule has 19 heavy (non-hydrogen) atoms. The van der Waals surface area contributed by atoms with Crippen LogP contribution in [0.5, 0.6) is 0 Å². The first-order valence-corrected chi connectivity index (χ1v) is 6.99. The van der Waals surface area contributed by atoms with E-state index in [1.807, 2.05) is 0 Å². The van der Waals surface area contributed by atoms with Gasteiger partial charge in [0.1, 0.15) is 0 Å². The Hall–Kier alpha value is -1.63. The summed E-state index contributed by atoms with van der Waals surface area (Å²) in [6.45, 7) is 6.47. The van der Waals surface area contributed by atoms with Gasteiger partial charge < -0.3 is 0 Å². The highest BCUT2D eigenvalue weighted by Crippen LogP contribution is 2.34. The molecule has 1 aliphatic carbocycles. The summed E-state index contributed by atoms with van der Waals surface area (Å²) in [5, 5.41) is 0. The summed E-state index contributed by atoms with van der Waals surface area (Å²) in [5.74, 6) is 0.247. The Morgan fingerprint density at radius 2 is 1.79 bits per heavy atom. The summed E-state index contributed by atoms with van der Waals surface area (Å²) in [5.41, 5.74) is 3.78. The fraction of sp³-hybridized carbons (Fsp3) is 0.389. The molecule has 0 bridgehead atoms. The first-order valence-electron chi connectivity index (χ1n) is 6.99. The normalized spacial score (nSPS) is 18.7. The van der Waals surface area contributed by atoms with E-state index in [-0.39, 0.29) is 11.2 Å². The Morgan fingerprint density at radius 1 is 1.11 bits per heavy atom. The summed E-state index contributed by atoms with van der Waals surface area (Å²) < 4.78 is 0. The molecule has 0 radical (unpaired) electrons. The van der Waals surface area contributed by atoms with E-state index >= 15 is 0 Å². The van der Waals surface area contributed by atoms with Gasteiger partial charge in [0.15, 0.2) is 5.78 Å².